The molecule has 1 rings (SSSR count). The maximum atomic E-state index is 11.7. The van der Waals surface area contributed by atoms with Crippen LogP contribution in [0.15, 0.2) is 28.7 Å². The zero-order chi connectivity index (χ0) is 17.2. The lowest BCUT2D eigenvalue weighted by Crippen LogP contribution is -2.39. The predicted molar refractivity (Wildman–Crippen MR) is 86.9 cm³/mol. The molecular weight excluding hydrogens is 368 g/mol. The molecule has 1 aromatic carbocycles. The van der Waals surface area contributed by atoms with Gasteiger partial charge in [0.25, 0.3) is 5.91 Å². The van der Waals surface area contributed by atoms with Crippen LogP contribution in [0.2, 0.25) is 0 Å². The summed E-state index contributed by atoms with van der Waals surface area (Å²) in [5.41, 5.74) is 0. The van der Waals surface area contributed by atoms with Gasteiger partial charge in [-0.25, -0.2) is 0 Å². The number of halogens is 1. The summed E-state index contributed by atoms with van der Waals surface area (Å²) in [6.07, 6.45) is 0.0267. The third-order valence-corrected chi connectivity index (χ3v) is 3.31. The molecule has 0 aliphatic heterocycles. The van der Waals surface area contributed by atoms with E-state index in [4.69, 9.17) is 9.47 Å². The molecule has 7 nitrogen and oxygen atoms in total. The lowest BCUT2D eigenvalue weighted by atomic mass is 10.3. The second kappa shape index (κ2) is 9.83. The van der Waals surface area contributed by atoms with Gasteiger partial charge in [0.1, 0.15) is 5.75 Å². The number of esters is 1. The van der Waals surface area contributed by atoms with Crippen molar-refractivity contribution in [2.75, 3.05) is 33.9 Å². The van der Waals surface area contributed by atoms with Crippen molar-refractivity contribution in [1.82, 2.24) is 10.2 Å². The van der Waals surface area contributed by atoms with E-state index in [9.17, 15) is 14.4 Å². The van der Waals surface area contributed by atoms with E-state index in [0.717, 1.165) is 4.47 Å². The van der Waals surface area contributed by atoms with Crippen LogP contribution in [-0.2, 0) is 19.1 Å². The maximum Gasteiger partial charge on any atom is 0.309 e. The number of amides is 2. The van der Waals surface area contributed by atoms with Crippen LogP contribution < -0.4 is 10.1 Å². The number of rotatable bonds is 8. The molecule has 0 unspecified atom stereocenters. The van der Waals surface area contributed by atoms with Gasteiger partial charge in [-0.2, -0.15) is 0 Å². The van der Waals surface area contributed by atoms with Gasteiger partial charge in [-0.15, -0.1) is 0 Å². The van der Waals surface area contributed by atoms with Gasteiger partial charge in [-0.1, -0.05) is 22.0 Å². The third kappa shape index (κ3) is 7.64. The second-order valence-electron chi connectivity index (χ2n) is 4.64. The van der Waals surface area contributed by atoms with E-state index in [1.54, 1.807) is 12.1 Å². The van der Waals surface area contributed by atoms with Crippen LogP contribution in [-0.4, -0.2) is 56.5 Å². The first-order chi connectivity index (χ1) is 10.9. The van der Waals surface area contributed by atoms with E-state index in [0.29, 0.717) is 5.75 Å². The van der Waals surface area contributed by atoms with Crippen LogP contribution in [0.4, 0.5) is 0 Å². The fourth-order valence-electron chi connectivity index (χ4n) is 1.52. The summed E-state index contributed by atoms with van der Waals surface area (Å²) < 4.78 is 11.1. The van der Waals surface area contributed by atoms with Crippen molar-refractivity contribution >= 4 is 33.7 Å². The van der Waals surface area contributed by atoms with Crippen LogP contribution in [0.1, 0.15) is 6.42 Å². The Bertz CT molecular complexity index is 565. The van der Waals surface area contributed by atoms with E-state index in [1.165, 1.54) is 19.0 Å². The highest BCUT2D eigenvalue weighted by Crippen LogP contribution is 2.17. The number of hydrogen-bond donors (Lipinski definition) is 1. The van der Waals surface area contributed by atoms with E-state index in [-0.39, 0.29) is 25.5 Å². The average Bonchev–Trinajstić information content (AvgIpc) is 2.52. The molecule has 0 saturated carbocycles. The molecule has 0 spiro atoms. The Kier molecular flexibility index (Phi) is 8.10. The summed E-state index contributed by atoms with van der Waals surface area (Å²) in [4.78, 5) is 35.5. The highest BCUT2D eigenvalue weighted by atomic mass is 79.9. The van der Waals surface area contributed by atoms with Crippen molar-refractivity contribution in [3.05, 3.63) is 28.7 Å². The van der Waals surface area contributed by atoms with Gasteiger partial charge in [0.05, 0.1) is 19.6 Å². The normalized spacial score (nSPS) is 9.87. The van der Waals surface area contributed by atoms with Crippen molar-refractivity contribution in [2.45, 2.75) is 6.42 Å². The quantitative estimate of drug-likeness (QED) is 0.672. The highest BCUT2D eigenvalue weighted by Gasteiger charge is 2.14. The Labute approximate surface area is 143 Å². The molecule has 0 atom stereocenters. The number of hydrogen-bond acceptors (Lipinski definition) is 5. The lowest BCUT2D eigenvalue weighted by molar-refractivity contribution is -0.152. The molecule has 0 aromatic heterocycles. The molecule has 0 aliphatic rings. The second-order valence-corrected chi connectivity index (χ2v) is 5.56. The summed E-state index contributed by atoms with van der Waals surface area (Å²) >= 11 is 3.32. The number of carbonyl (C=O) groups excluding carboxylic acids is 3. The standard InChI is InChI=1S/C15H19BrN2O5/c1-17-13(19)9-18(2)14(20)10-23-15(21)6-7-22-12-5-3-4-11(16)8-12/h3-5,8H,6-7,9-10H2,1-2H3,(H,17,19). The van der Waals surface area contributed by atoms with Crippen LogP contribution in [0, 0.1) is 0 Å². The number of ether oxygens (including phenoxy) is 2. The molecule has 23 heavy (non-hydrogen) atoms. The monoisotopic (exact) mass is 386 g/mol. The van der Waals surface area contributed by atoms with Crippen molar-refractivity contribution < 1.29 is 23.9 Å². The first-order valence-electron chi connectivity index (χ1n) is 6.91. The van der Waals surface area contributed by atoms with Crippen molar-refractivity contribution in [3.63, 3.8) is 0 Å². The molecular formula is C15H19BrN2O5. The van der Waals surface area contributed by atoms with Crippen molar-refractivity contribution in [1.29, 1.82) is 0 Å². The molecule has 0 aliphatic carbocycles. The highest BCUT2D eigenvalue weighted by molar-refractivity contribution is 9.10. The van der Waals surface area contributed by atoms with Gasteiger partial charge >= 0.3 is 5.97 Å². The minimum Gasteiger partial charge on any atom is -0.493 e. The molecule has 0 bridgehead atoms. The van der Waals surface area contributed by atoms with Gasteiger partial charge in [-0.05, 0) is 18.2 Å². The Balaban J connectivity index is 2.23. The van der Waals surface area contributed by atoms with Crippen LogP contribution in [0.3, 0.4) is 0 Å². The van der Waals surface area contributed by atoms with Crippen LogP contribution >= 0.6 is 15.9 Å². The number of nitrogens with zero attached hydrogens (tertiary/aromatic N) is 1. The molecule has 0 saturated heterocycles. The zero-order valence-corrected chi connectivity index (χ0v) is 14.6. The first-order valence-corrected chi connectivity index (χ1v) is 7.70. The Hall–Kier alpha value is -2.09. The Morgan fingerprint density at radius 1 is 1.30 bits per heavy atom. The Morgan fingerprint density at radius 3 is 2.70 bits per heavy atom. The number of carbonyl (C=O) groups is 3. The van der Waals surface area contributed by atoms with Gasteiger partial charge in [0.15, 0.2) is 6.61 Å². The summed E-state index contributed by atoms with van der Waals surface area (Å²) in [7, 11) is 2.94. The van der Waals surface area contributed by atoms with Crippen LogP contribution in [0.5, 0.6) is 5.75 Å². The minimum absolute atomic E-state index is 0.0267. The fourth-order valence-corrected chi connectivity index (χ4v) is 1.89. The molecule has 0 heterocycles. The lowest BCUT2D eigenvalue weighted by Gasteiger charge is -2.15. The third-order valence-electron chi connectivity index (χ3n) is 2.81. The van der Waals surface area contributed by atoms with Crippen molar-refractivity contribution in [2.24, 2.45) is 0 Å². The number of likely N-dealkylation sites (N-methyl/N-ethyl adjacent to an activating group) is 2. The predicted octanol–water partition coefficient (Wildman–Crippen LogP) is 0.966. The minimum atomic E-state index is -0.540. The van der Waals surface area contributed by atoms with E-state index in [2.05, 4.69) is 21.2 Å². The van der Waals surface area contributed by atoms with Gasteiger partial charge < -0.3 is 19.7 Å². The number of benzene rings is 1. The molecule has 126 valence electrons. The number of nitrogens with one attached hydrogen (secondary N) is 1. The van der Waals surface area contributed by atoms with E-state index < -0.39 is 18.5 Å². The van der Waals surface area contributed by atoms with Crippen molar-refractivity contribution in [3.8, 4) is 5.75 Å². The molecule has 0 fully saturated rings. The summed E-state index contributed by atoms with van der Waals surface area (Å²) in [6.45, 7) is -0.334. The summed E-state index contributed by atoms with van der Waals surface area (Å²) in [5.74, 6) is -0.653. The molecule has 0 radical (unpaired) electrons. The molecule has 8 heteroatoms. The fraction of sp³-hybridized carbons (Fsp3) is 0.400. The zero-order valence-electron chi connectivity index (χ0n) is 13.0. The smallest absolute Gasteiger partial charge is 0.309 e. The molecule has 1 N–H and O–H groups in total. The molecule has 2 amide bonds. The average molecular weight is 387 g/mol. The first kappa shape index (κ1) is 19.0. The summed E-state index contributed by atoms with van der Waals surface area (Å²) in [6, 6.07) is 7.23. The topological polar surface area (TPSA) is 84.9 Å². The summed E-state index contributed by atoms with van der Waals surface area (Å²) in [5, 5.41) is 2.40. The van der Waals surface area contributed by atoms with Gasteiger partial charge in [0.2, 0.25) is 5.91 Å². The van der Waals surface area contributed by atoms with Gasteiger partial charge in [-0.3, -0.25) is 14.4 Å². The van der Waals surface area contributed by atoms with E-state index in [1.807, 2.05) is 12.1 Å². The van der Waals surface area contributed by atoms with Crippen LogP contribution in [0.25, 0.3) is 0 Å². The van der Waals surface area contributed by atoms with E-state index >= 15 is 0 Å². The Morgan fingerprint density at radius 2 is 2.04 bits per heavy atom. The molecule has 1 aromatic rings. The maximum absolute atomic E-state index is 11.7. The largest absolute Gasteiger partial charge is 0.493 e. The van der Waals surface area contributed by atoms with Gasteiger partial charge in [0, 0.05) is 18.6 Å². The SMILES string of the molecule is CNC(=O)CN(C)C(=O)COC(=O)CCOc1cccc(Br)c1.